The van der Waals surface area contributed by atoms with E-state index in [1.807, 2.05) is 6.92 Å². The topological polar surface area (TPSA) is 47.0 Å². The van der Waals surface area contributed by atoms with Crippen molar-refractivity contribution < 1.29 is 9.13 Å². The van der Waals surface area contributed by atoms with Gasteiger partial charge in [0.15, 0.2) is 0 Å². The maximum absolute atomic E-state index is 13.5. The fourth-order valence-electron chi connectivity index (χ4n) is 2.73. The van der Waals surface area contributed by atoms with Crippen LogP contribution in [-0.4, -0.2) is 23.1 Å². The number of aromatic nitrogens is 2. The normalized spacial score (nSPS) is 19.1. The second kappa shape index (κ2) is 6.58. The number of nitrogens with zero attached hydrogens (tertiary/aromatic N) is 2. The third-order valence-electron chi connectivity index (χ3n) is 3.82. The van der Waals surface area contributed by atoms with Gasteiger partial charge in [0, 0.05) is 36.0 Å². The van der Waals surface area contributed by atoms with Crippen molar-refractivity contribution in [3.63, 3.8) is 0 Å². The molecule has 0 amide bonds. The molecule has 3 rings (SSSR count). The minimum absolute atomic E-state index is 0.250. The Kier molecular flexibility index (Phi) is 4.55. The molecule has 0 saturated carbocycles. The summed E-state index contributed by atoms with van der Waals surface area (Å²) in [5.74, 6) is 0.406. The molecule has 2 aromatic rings. The first-order valence-corrected chi connectivity index (χ1v) is 7.61. The minimum Gasteiger partial charge on any atom is -0.469 e. The quantitative estimate of drug-likeness (QED) is 0.938. The molecule has 4 nitrogen and oxygen atoms in total. The Morgan fingerprint density at radius 3 is 2.91 bits per heavy atom. The molecule has 0 aromatic carbocycles. The van der Waals surface area contributed by atoms with Gasteiger partial charge in [-0.1, -0.05) is 11.6 Å². The van der Waals surface area contributed by atoms with E-state index >= 15 is 0 Å². The highest BCUT2D eigenvalue weighted by Crippen LogP contribution is 2.32. The summed E-state index contributed by atoms with van der Waals surface area (Å²) < 4.78 is 19.6. The van der Waals surface area contributed by atoms with Crippen molar-refractivity contribution in [3.8, 4) is 5.88 Å². The molecule has 1 aliphatic heterocycles. The van der Waals surface area contributed by atoms with Crippen molar-refractivity contribution in [1.82, 2.24) is 15.3 Å². The Morgan fingerprint density at radius 1 is 1.36 bits per heavy atom. The summed E-state index contributed by atoms with van der Waals surface area (Å²) in [6, 6.07) is 3.28. The Labute approximate surface area is 133 Å². The van der Waals surface area contributed by atoms with Crippen molar-refractivity contribution in [3.05, 3.63) is 52.7 Å². The first kappa shape index (κ1) is 15.2. The van der Waals surface area contributed by atoms with Gasteiger partial charge in [-0.15, -0.1) is 0 Å². The van der Waals surface area contributed by atoms with E-state index in [-0.39, 0.29) is 17.8 Å². The van der Waals surface area contributed by atoms with Crippen LogP contribution in [0.2, 0.25) is 5.02 Å². The molecule has 1 aliphatic rings. The van der Waals surface area contributed by atoms with E-state index in [1.54, 1.807) is 18.5 Å². The van der Waals surface area contributed by atoms with Gasteiger partial charge in [0.05, 0.1) is 11.2 Å². The van der Waals surface area contributed by atoms with Gasteiger partial charge in [-0.2, -0.15) is 0 Å². The minimum atomic E-state index is -0.363. The predicted octanol–water partition coefficient (Wildman–Crippen LogP) is 3.31. The summed E-state index contributed by atoms with van der Waals surface area (Å²) in [6.07, 6.45) is 5.08. The lowest BCUT2D eigenvalue weighted by atomic mass is 9.96. The summed E-state index contributed by atoms with van der Waals surface area (Å²) in [7, 11) is 0. The number of ether oxygens (including phenoxy) is 1. The number of aryl methyl sites for hydroxylation is 1. The van der Waals surface area contributed by atoms with Crippen molar-refractivity contribution in [2.24, 2.45) is 5.92 Å². The van der Waals surface area contributed by atoms with Crippen molar-refractivity contribution in [1.29, 1.82) is 0 Å². The fourth-order valence-corrected chi connectivity index (χ4v) is 2.94. The molecule has 1 saturated heterocycles. The van der Waals surface area contributed by atoms with Crippen LogP contribution in [0, 0.1) is 18.7 Å². The van der Waals surface area contributed by atoms with E-state index in [0.29, 0.717) is 10.9 Å². The molecule has 3 heterocycles. The van der Waals surface area contributed by atoms with Crippen LogP contribution in [0.4, 0.5) is 4.39 Å². The summed E-state index contributed by atoms with van der Waals surface area (Å²) in [5, 5.41) is 3.88. The third-order valence-corrected chi connectivity index (χ3v) is 4.02. The van der Waals surface area contributed by atoms with E-state index < -0.39 is 0 Å². The molecular weight excluding hydrogens is 305 g/mol. The standard InChI is InChI=1S/C16H17ClFN3O/c1-10-4-13(17)8-21-16(10)22-15(11-2-3-19-6-11)12-5-14(18)9-20-7-12/h4-5,7-9,11,15,19H,2-3,6H2,1H3. The smallest absolute Gasteiger partial charge is 0.216 e. The van der Waals surface area contributed by atoms with Gasteiger partial charge in [-0.25, -0.2) is 9.37 Å². The molecule has 1 N–H and O–H groups in total. The van der Waals surface area contributed by atoms with Gasteiger partial charge in [0.1, 0.15) is 11.9 Å². The van der Waals surface area contributed by atoms with E-state index in [4.69, 9.17) is 16.3 Å². The zero-order valence-corrected chi connectivity index (χ0v) is 13.0. The maximum Gasteiger partial charge on any atom is 0.216 e. The maximum atomic E-state index is 13.5. The van der Waals surface area contributed by atoms with Gasteiger partial charge < -0.3 is 10.1 Å². The van der Waals surface area contributed by atoms with E-state index in [0.717, 1.165) is 30.6 Å². The largest absolute Gasteiger partial charge is 0.469 e. The molecule has 2 aromatic heterocycles. The first-order chi connectivity index (χ1) is 10.6. The van der Waals surface area contributed by atoms with Crippen LogP contribution >= 0.6 is 11.6 Å². The molecular formula is C16H17ClFN3O. The van der Waals surface area contributed by atoms with Gasteiger partial charge >= 0.3 is 0 Å². The number of hydrogen-bond acceptors (Lipinski definition) is 4. The molecule has 0 radical (unpaired) electrons. The highest BCUT2D eigenvalue weighted by atomic mass is 35.5. The SMILES string of the molecule is Cc1cc(Cl)cnc1OC(c1cncc(F)c1)C1CCNC1. The third kappa shape index (κ3) is 3.36. The molecule has 1 fully saturated rings. The lowest BCUT2D eigenvalue weighted by Gasteiger charge is -2.24. The number of pyridine rings is 2. The molecule has 6 heteroatoms. The molecule has 0 bridgehead atoms. The average Bonchev–Trinajstić information content (AvgIpc) is 3.00. The van der Waals surface area contributed by atoms with Gasteiger partial charge in [0.25, 0.3) is 0 Å². The zero-order valence-electron chi connectivity index (χ0n) is 12.2. The summed E-state index contributed by atoms with van der Waals surface area (Å²) in [4.78, 5) is 8.19. The van der Waals surface area contributed by atoms with Gasteiger partial charge in [0.2, 0.25) is 5.88 Å². The van der Waals surface area contributed by atoms with Crippen LogP contribution in [0.1, 0.15) is 23.7 Å². The Balaban J connectivity index is 1.91. The number of rotatable bonds is 4. The monoisotopic (exact) mass is 321 g/mol. The second-order valence-corrected chi connectivity index (χ2v) is 5.94. The number of hydrogen-bond donors (Lipinski definition) is 1. The Hall–Kier alpha value is -1.72. The molecule has 2 atom stereocenters. The molecule has 116 valence electrons. The highest BCUT2D eigenvalue weighted by molar-refractivity contribution is 6.30. The average molecular weight is 322 g/mol. The van der Waals surface area contributed by atoms with Crippen LogP contribution < -0.4 is 10.1 Å². The molecule has 22 heavy (non-hydrogen) atoms. The van der Waals surface area contributed by atoms with Crippen molar-refractivity contribution in [2.75, 3.05) is 13.1 Å². The van der Waals surface area contributed by atoms with Crippen LogP contribution in [-0.2, 0) is 0 Å². The lowest BCUT2D eigenvalue weighted by molar-refractivity contribution is 0.136. The first-order valence-electron chi connectivity index (χ1n) is 7.23. The van der Waals surface area contributed by atoms with Gasteiger partial charge in [-0.3, -0.25) is 4.98 Å². The fraction of sp³-hybridized carbons (Fsp3) is 0.375. The molecule has 0 aliphatic carbocycles. The lowest BCUT2D eigenvalue weighted by Crippen LogP contribution is -2.22. The summed E-state index contributed by atoms with van der Waals surface area (Å²) in [5.41, 5.74) is 1.58. The van der Waals surface area contributed by atoms with E-state index in [9.17, 15) is 4.39 Å². The Bertz CT molecular complexity index is 662. The van der Waals surface area contributed by atoms with Gasteiger partial charge in [-0.05, 0) is 32.0 Å². The van der Waals surface area contributed by atoms with Crippen LogP contribution in [0.3, 0.4) is 0 Å². The number of nitrogens with one attached hydrogen (secondary N) is 1. The van der Waals surface area contributed by atoms with Crippen LogP contribution in [0.25, 0.3) is 0 Å². The summed E-state index contributed by atoms with van der Waals surface area (Å²) in [6.45, 7) is 3.65. The van der Waals surface area contributed by atoms with E-state index in [1.165, 1.54) is 12.3 Å². The van der Waals surface area contributed by atoms with Crippen molar-refractivity contribution in [2.45, 2.75) is 19.4 Å². The van der Waals surface area contributed by atoms with Crippen molar-refractivity contribution >= 4 is 11.6 Å². The van der Waals surface area contributed by atoms with Crippen LogP contribution in [0.5, 0.6) is 5.88 Å². The summed E-state index contributed by atoms with van der Waals surface area (Å²) >= 11 is 5.93. The molecule has 2 unspecified atom stereocenters. The zero-order chi connectivity index (χ0) is 15.5. The second-order valence-electron chi connectivity index (χ2n) is 5.50. The predicted molar refractivity (Wildman–Crippen MR) is 82.5 cm³/mol. The number of halogens is 2. The highest BCUT2D eigenvalue weighted by Gasteiger charge is 2.29. The molecule has 0 spiro atoms. The Morgan fingerprint density at radius 2 is 2.23 bits per heavy atom. The van der Waals surface area contributed by atoms with E-state index in [2.05, 4.69) is 15.3 Å². The van der Waals surface area contributed by atoms with Crippen LogP contribution in [0.15, 0.2) is 30.7 Å².